The van der Waals surface area contributed by atoms with E-state index in [4.69, 9.17) is 0 Å². The molecule has 0 saturated carbocycles. The molecular weight excluding hydrogens is 632 g/mol. The van der Waals surface area contributed by atoms with Crippen molar-refractivity contribution < 1.29 is 0 Å². The van der Waals surface area contributed by atoms with Crippen molar-refractivity contribution in [2.24, 2.45) is 0 Å². The summed E-state index contributed by atoms with van der Waals surface area (Å²) in [7, 11) is 0. The molecular formula is C34H32Br2S2. The van der Waals surface area contributed by atoms with Crippen molar-refractivity contribution in [2.75, 3.05) is 0 Å². The summed E-state index contributed by atoms with van der Waals surface area (Å²) in [5.41, 5.74) is 11.9. The zero-order chi connectivity index (χ0) is 26.2. The van der Waals surface area contributed by atoms with Gasteiger partial charge in [0.15, 0.2) is 0 Å². The molecule has 2 aromatic heterocycles. The highest BCUT2D eigenvalue weighted by molar-refractivity contribution is 9.11. The van der Waals surface area contributed by atoms with Crippen LogP contribution in [0.1, 0.15) is 63.5 Å². The molecule has 0 amide bonds. The highest BCUT2D eigenvalue weighted by Crippen LogP contribution is 2.57. The Balaban J connectivity index is 1.77. The molecule has 0 fully saturated rings. The van der Waals surface area contributed by atoms with Gasteiger partial charge in [0, 0.05) is 20.9 Å². The van der Waals surface area contributed by atoms with Gasteiger partial charge in [0.25, 0.3) is 0 Å². The first kappa shape index (κ1) is 26.5. The van der Waals surface area contributed by atoms with E-state index in [1.807, 2.05) is 22.7 Å². The normalized spacial score (nSPS) is 12.0. The van der Waals surface area contributed by atoms with Gasteiger partial charge < -0.3 is 0 Å². The Morgan fingerprint density at radius 1 is 0.553 bits per heavy atom. The van der Waals surface area contributed by atoms with E-state index >= 15 is 0 Å². The van der Waals surface area contributed by atoms with E-state index in [9.17, 15) is 0 Å². The van der Waals surface area contributed by atoms with Crippen molar-refractivity contribution in [3.63, 3.8) is 0 Å². The SMILES string of the molecule is CCCCCc1c(-c2ccc(Br)s2)c(-c2ccc(Br)s2)c(CCCCC)c2c1-c1cccc3cccc-2c13. The Bertz CT molecular complexity index is 1510. The van der Waals surface area contributed by atoms with Crippen LogP contribution < -0.4 is 0 Å². The molecule has 0 radical (unpaired) electrons. The zero-order valence-corrected chi connectivity index (χ0v) is 26.8. The lowest BCUT2D eigenvalue weighted by Crippen LogP contribution is -2.03. The van der Waals surface area contributed by atoms with Crippen LogP contribution >= 0.6 is 54.5 Å². The van der Waals surface area contributed by atoms with E-state index in [2.05, 4.69) is 106 Å². The number of rotatable bonds is 10. The van der Waals surface area contributed by atoms with Gasteiger partial charge in [-0.2, -0.15) is 0 Å². The second kappa shape index (κ2) is 11.4. The van der Waals surface area contributed by atoms with Crippen LogP contribution in [0.5, 0.6) is 0 Å². The molecule has 0 atom stereocenters. The summed E-state index contributed by atoms with van der Waals surface area (Å²) < 4.78 is 2.40. The van der Waals surface area contributed by atoms with Crippen molar-refractivity contribution >= 4 is 65.3 Å². The predicted octanol–water partition coefficient (Wildman–Crippen LogP) is 12.9. The molecule has 0 nitrogen and oxygen atoms in total. The highest BCUT2D eigenvalue weighted by atomic mass is 79.9. The third-order valence-electron chi connectivity index (χ3n) is 7.85. The van der Waals surface area contributed by atoms with Crippen LogP contribution in [0.4, 0.5) is 0 Å². The van der Waals surface area contributed by atoms with Gasteiger partial charge in [0.2, 0.25) is 0 Å². The van der Waals surface area contributed by atoms with Crippen LogP contribution in [0.15, 0.2) is 68.2 Å². The molecule has 1 aliphatic rings. The first-order valence-electron chi connectivity index (χ1n) is 13.9. The summed E-state index contributed by atoms with van der Waals surface area (Å²) >= 11 is 11.3. The second-order valence-electron chi connectivity index (χ2n) is 10.3. The van der Waals surface area contributed by atoms with E-state index in [0.29, 0.717) is 0 Å². The molecule has 194 valence electrons. The van der Waals surface area contributed by atoms with Crippen molar-refractivity contribution in [2.45, 2.75) is 65.2 Å². The molecule has 3 aromatic carbocycles. The average molecular weight is 665 g/mol. The van der Waals surface area contributed by atoms with E-state index < -0.39 is 0 Å². The van der Waals surface area contributed by atoms with Gasteiger partial charge in [-0.05, 0) is 126 Å². The Labute approximate surface area is 251 Å². The van der Waals surface area contributed by atoms with Gasteiger partial charge in [-0.25, -0.2) is 0 Å². The molecule has 0 saturated heterocycles. The maximum absolute atomic E-state index is 3.80. The number of thiophene rings is 2. The maximum Gasteiger partial charge on any atom is 0.0705 e. The highest BCUT2D eigenvalue weighted by Gasteiger charge is 2.32. The molecule has 0 aliphatic heterocycles. The lowest BCUT2D eigenvalue weighted by Gasteiger charge is -2.24. The van der Waals surface area contributed by atoms with Crippen LogP contribution in [0, 0.1) is 0 Å². The molecule has 5 aromatic rings. The third kappa shape index (κ3) is 4.66. The lowest BCUT2D eigenvalue weighted by atomic mass is 9.80. The summed E-state index contributed by atoms with van der Waals surface area (Å²) in [6, 6.07) is 23.0. The summed E-state index contributed by atoms with van der Waals surface area (Å²) in [4.78, 5) is 2.76. The van der Waals surface area contributed by atoms with Gasteiger partial charge >= 0.3 is 0 Å². The summed E-state index contributed by atoms with van der Waals surface area (Å²) in [5, 5.41) is 2.80. The van der Waals surface area contributed by atoms with E-state index in [1.165, 1.54) is 100 Å². The van der Waals surface area contributed by atoms with E-state index in [0.717, 1.165) is 12.8 Å². The number of hydrogen-bond acceptors (Lipinski definition) is 2. The zero-order valence-electron chi connectivity index (χ0n) is 22.0. The largest absolute Gasteiger partial charge is 0.128 e. The Hall–Kier alpha value is -1.72. The monoisotopic (exact) mass is 662 g/mol. The fourth-order valence-electron chi connectivity index (χ4n) is 6.25. The van der Waals surface area contributed by atoms with Crippen molar-refractivity contribution in [1.82, 2.24) is 0 Å². The third-order valence-corrected chi connectivity index (χ3v) is 11.1. The van der Waals surface area contributed by atoms with Crippen LogP contribution in [0.2, 0.25) is 0 Å². The number of fused-ring (bicyclic) bond motifs is 3. The lowest BCUT2D eigenvalue weighted by molar-refractivity contribution is 0.714. The van der Waals surface area contributed by atoms with Gasteiger partial charge in [-0.1, -0.05) is 75.9 Å². The molecule has 0 bridgehead atoms. The predicted molar refractivity (Wildman–Crippen MR) is 177 cm³/mol. The summed E-state index contributed by atoms with van der Waals surface area (Å²) in [6.07, 6.45) is 9.65. The second-order valence-corrected chi connectivity index (χ2v) is 15.2. The Morgan fingerprint density at radius 3 is 1.42 bits per heavy atom. The van der Waals surface area contributed by atoms with Crippen LogP contribution in [0.3, 0.4) is 0 Å². The molecule has 38 heavy (non-hydrogen) atoms. The van der Waals surface area contributed by atoms with Crippen LogP contribution in [0.25, 0.3) is 53.9 Å². The fourth-order valence-corrected chi connectivity index (χ4v) is 9.18. The molecule has 1 aliphatic carbocycles. The molecule has 6 rings (SSSR count). The molecule has 2 heterocycles. The minimum atomic E-state index is 1.11. The van der Waals surface area contributed by atoms with E-state index in [1.54, 1.807) is 11.1 Å². The first-order chi connectivity index (χ1) is 18.6. The average Bonchev–Trinajstić information content (AvgIpc) is 3.63. The number of halogens is 2. The Kier molecular flexibility index (Phi) is 7.96. The standard InChI is InChI=1S/C34H32Br2S2/c1-3-5-7-13-24-31-22-15-9-11-21-12-10-16-23(30(21)22)32(31)25(14-8-6-4-2)34(27-18-20-29(36)38-27)33(24)26-17-19-28(35)37-26/h9-12,15-20H,3-8,13-14H2,1-2H3. The van der Waals surface area contributed by atoms with Gasteiger partial charge in [0.05, 0.1) is 7.57 Å². The quantitative estimate of drug-likeness (QED) is 0.128. The fraction of sp³-hybridized carbons (Fsp3) is 0.294. The van der Waals surface area contributed by atoms with Crippen molar-refractivity contribution in [3.05, 3.63) is 79.4 Å². The van der Waals surface area contributed by atoms with E-state index in [-0.39, 0.29) is 0 Å². The topological polar surface area (TPSA) is 0 Å². The molecule has 4 heteroatoms. The number of hydrogen-bond donors (Lipinski definition) is 0. The molecule has 0 spiro atoms. The first-order valence-corrected chi connectivity index (χ1v) is 17.1. The molecule has 0 N–H and O–H groups in total. The smallest absolute Gasteiger partial charge is 0.0705 e. The number of unbranched alkanes of at least 4 members (excludes halogenated alkanes) is 4. The Morgan fingerprint density at radius 2 is 1.03 bits per heavy atom. The maximum atomic E-state index is 3.80. The van der Waals surface area contributed by atoms with Gasteiger partial charge in [-0.15, -0.1) is 22.7 Å². The van der Waals surface area contributed by atoms with Crippen LogP contribution in [-0.2, 0) is 12.8 Å². The minimum Gasteiger partial charge on any atom is -0.128 e. The van der Waals surface area contributed by atoms with Gasteiger partial charge in [0.1, 0.15) is 0 Å². The van der Waals surface area contributed by atoms with Crippen molar-refractivity contribution in [3.8, 4) is 43.1 Å². The van der Waals surface area contributed by atoms with Gasteiger partial charge in [-0.3, -0.25) is 0 Å². The number of benzene rings is 3. The van der Waals surface area contributed by atoms with Crippen molar-refractivity contribution in [1.29, 1.82) is 0 Å². The summed E-state index contributed by atoms with van der Waals surface area (Å²) in [5.74, 6) is 0. The molecule has 0 unspecified atom stereocenters. The summed E-state index contributed by atoms with van der Waals surface area (Å²) in [6.45, 7) is 4.62. The minimum absolute atomic E-state index is 1.11. The van der Waals surface area contributed by atoms with Crippen LogP contribution in [-0.4, -0.2) is 0 Å².